The predicted octanol–water partition coefficient (Wildman–Crippen LogP) is 2.18. The van der Waals surface area contributed by atoms with Gasteiger partial charge >= 0.3 is 0 Å². The van der Waals surface area contributed by atoms with Gasteiger partial charge in [-0.2, -0.15) is 0 Å². The van der Waals surface area contributed by atoms with Gasteiger partial charge in [0.1, 0.15) is 0 Å². The second-order valence-corrected chi connectivity index (χ2v) is 3.69. The maximum atomic E-state index is 5.35. The van der Waals surface area contributed by atoms with Crippen molar-refractivity contribution in [3.63, 3.8) is 0 Å². The number of terminal acetylenes is 1. The van der Waals surface area contributed by atoms with Crippen LogP contribution in [0, 0.1) is 15.9 Å². The van der Waals surface area contributed by atoms with E-state index in [1.165, 1.54) is 3.57 Å². The Balaban J connectivity index is 2.95. The highest BCUT2D eigenvalue weighted by Crippen LogP contribution is 2.14. The van der Waals surface area contributed by atoms with Crippen LogP contribution in [0.25, 0.3) is 0 Å². The van der Waals surface area contributed by atoms with Gasteiger partial charge in [0.2, 0.25) is 0 Å². The third kappa shape index (κ3) is 2.23. The van der Waals surface area contributed by atoms with E-state index in [9.17, 15) is 0 Å². The molecule has 0 amide bonds. The minimum atomic E-state index is 0.0275. The molecule has 12 heavy (non-hydrogen) atoms. The Morgan fingerprint density at radius 1 is 1.58 bits per heavy atom. The van der Waals surface area contributed by atoms with Gasteiger partial charge in [0.15, 0.2) is 0 Å². The molecule has 0 spiro atoms. The Labute approximate surface area is 86.7 Å². The molecule has 0 aliphatic rings. The number of benzene rings is 1. The zero-order valence-corrected chi connectivity index (χ0v) is 9.00. The molecule has 2 heteroatoms. The third-order valence-corrected chi connectivity index (χ3v) is 2.31. The molecule has 1 N–H and O–H groups in total. The molecule has 1 atom stereocenters. The summed E-state index contributed by atoms with van der Waals surface area (Å²) in [5, 5.41) is 3.06. The molecule has 0 bridgehead atoms. The van der Waals surface area contributed by atoms with Crippen molar-refractivity contribution in [3.05, 3.63) is 33.4 Å². The molecule has 0 aromatic heterocycles. The van der Waals surface area contributed by atoms with Crippen molar-refractivity contribution in [2.75, 3.05) is 7.05 Å². The van der Waals surface area contributed by atoms with Crippen LogP contribution in [-0.4, -0.2) is 7.05 Å². The highest BCUT2D eigenvalue weighted by molar-refractivity contribution is 14.1. The maximum absolute atomic E-state index is 5.35. The van der Waals surface area contributed by atoms with Crippen LogP contribution in [0.4, 0.5) is 0 Å². The molecule has 1 aromatic carbocycles. The number of rotatable bonds is 2. The number of hydrogen-bond acceptors (Lipinski definition) is 1. The van der Waals surface area contributed by atoms with Gasteiger partial charge in [-0.15, -0.1) is 6.42 Å². The highest BCUT2D eigenvalue weighted by atomic mass is 127. The molecule has 0 radical (unpaired) electrons. The van der Waals surface area contributed by atoms with Crippen LogP contribution >= 0.6 is 22.6 Å². The molecule has 0 saturated carbocycles. The zero-order chi connectivity index (χ0) is 8.97. The number of hydrogen-bond donors (Lipinski definition) is 1. The second kappa shape index (κ2) is 4.48. The van der Waals surface area contributed by atoms with Crippen molar-refractivity contribution in [1.29, 1.82) is 0 Å². The van der Waals surface area contributed by atoms with Crippen molar-refractivity contribution in [2.45, 2.75) is 6.04 Å². The van der Waals surface area contributed by atoms with E-state index in [-0.39, 0.29) is 6.04 Å². The summed E-state index contributed by atoms with van der Waals surface area (Å²) in [6.45, 7) is 0. The van der Waals surface area contributed by atoms with E-state index in [0.29, 0.717) is 0 Å². The molecule has 0 fully saturated rings. The van der Waals surface area contributed by atoms with Crippen molar-refractivity contribution >= 4 is 22.6 Å². The summed E-state index contributed by atoms with van der Waals surface area (Å²) in [6.07, 6.45) is 5.35. The summed E-state index contributed by atoms with van der Waals surface area (Å²) in [5.41, 5.74) is 1.15. The third-order valence-electron chi connectivity index (χ3n) is 1.64. The predicted molar refractivity (Wildman–Crippen MR) is 59.8 cm³/mol. The van der Waals surface area contributed by atoms with E-state index in [0.717, 1.165) is 5.56 Å². The van der Waals surface area contributed by atoms with Gasteiger partial charge in [-0.1, -0.05) is 18.1 Å². The Morgan fingerprint density at radius 2 is 2.33 bits per heavy atom. The summed E-state index contributed by atoms with van der Waals surface area (Å²) in [5.74, 6) is 2.68. The van der Waals surface area contributed by atoms with E-state index in [1.807, 2.05) is 25.2 Å². The number of nitrogens with one attached hydrogen (secondary N) is 1. The van der Waals surface area contributed by atoms with Crippen molar-refractivity contribution in [2.24, 2.45) is 0 Å². The molecule has 1 aromatic rings. The van der Waals surface area contributed by atoms with E-state index in [2.05, 4.69) is 39.9 Å². The second-order valence-electron chi connectivity index (χ2n) is 2.44. The van der Waals surface area contributed by atoms with E-state index >= 15 is 0 Å². The Kier molecular flexibility index (Phi) is 3.57. The van der Waals surface area contributed by atoms with Crippen LogP contribution in [0.15, 0.2) is 24.3 Å². The summed E-state index contributed by atoms with van der Waals surface area (Å²) >= 11 is 2.28. The smallest absolute Gasteiger partial charge is 0.0941 e. The summed E-state index contributed by atoms with van der Waals surface area (Å²) < 4.78 is 1.21. The van der Waals surface area contributed by atoms with Crippen LogP contribution in [0.1, 0.15) is 11.6 Å². The van der Waals surface area contributed by atoms with Gasteiger partial charge in [0, 0.05) is 3.57 Å². The largest absolute Gasteiger partial charge is 0.303 e. The lowest BCUT2D eigenvalue weighted by atomic mass is 10.1. The molecule has 0 saturated heterocycles. The Morgan fingerprint density at radius 3 is 2.83 bits per heavy atom. The summed E-state index contributed by atoms with van der Waals surface area (Å²) in [4.78, 5) is 0. The van der Waals surface area contributed by atoms with Crippen LogP contribution in [-0.2, 0) is 0 Å². The van der Waals surface area contributed by atoms with Crippen LogP contribution < -0.4 is 5.32 Å². The average molecular weight is 271 g/mol. The fourth-order valence-corrected chi connectivity index (χ4v) is 1.60. The molecule has 1 unspecified atom stereocenters. The van der Waals surface area contributed by atoms with Crippen molar-refractivity contribution in [1.82, 2.24) is 5.32 Å². The molecular weight excluding hydrogens is 261 g/mol. The fraction of sp³-hybridized carbons (Fsp3) is 0.200. The van der Waals surface area contributed by atoms with Crippen LogP contribution in [0.5, 0.6) is 0 Å². The lowest BCUT2D eigenvalue weighted by molar-refractivity contribution is 0.736. The van der Waals surface area contributed by atoms with Gasteiger partial charge in [0.25, 0.3) is 0 Å². The minimum absolute atomic E-state index is 0.0275. The first-order valence-corrected chi connectivity index (χ1v) is 4.74. The van der Waals surface area contributed by atoms with Gasteiger partial charge in [-0.05, 0) is 47.3 Å². The van der Waals surface area contributed by atoms with Gasteiger partial charge in [-0.3, -0.25) is 0 Å². The average Bonchev–Trinajstić information content (AvgIpc) is 2.07. The topological polar surface area (TPSA) is 12.0 Å². The van der Waals surface area contributed by atoms with Crippen LogP contribution in [0.2, 0.25) is 0 Å². The molecule has 0 heterocycles. The Bertz CT molecular complexity index is 301. The Hall–Kier alpha value is -0.530. The monoisotopic (exact) mass is 271 g/mol. The highest BCUT2D eigenvalue weighted by Gasteiger charge is 2.03. The standard InChI is InChI=1S/C10H10IN/c1-3-10(12-2)8-5-4-6-9(11)7-8/h1,4-7,10,12H,2H3. The lowest BCUT2D eigenvalue weighted by Gasteiger charge is -2.09. The van der Waals surface area contributed by atoms with Gasteiger partial charge < -0.3 is 5.32 Å². The van der Waals surface area contributed by atoms with Crippen LogP contribution in [0.3, 0.4) is 0 Å². The molecular formula is C10H10IN. The first kappa shape index (κ1) is 9.56. The quantitative estimate of drug-likeness (QED) is 0.642. The minimum Gasteiger partial charge on any atom is -0.303 e. The molecule has 62 valence electrons. The number of halogens is 1. The van der Waals surface area contributed by atoms with Gasteiger partial charge in [0.05, 0.1) is 6.04 Å². The zero-order valence-electron chi connectivity index (χ0n) is 6.84. The first-order valence-electron chi connectivity index (χ1n) is 3.67. The maximum Gasteiger partial charge on any atom is 0.0941 e. The lowest BCUT2D eigenvalue weighted by Crippen LogP contribution is -2.13. The fourth-order valence-electron chi connectivity index (χ4n) is 1.03. The van der Waals surface area contributed by atoms with E-state index < -0.39 is 0 Å². The normalized spacial score (nSPS) is 12.1. The van der Waals surface area contributed by atoms with Crippen molar-refractivity contribution < 1.29 is 0 Å². The summed E-state index contributed by atoms with van der Waals surface area (Å²) in [6, 6.07) is 8.20. The van der Waals surface area contributed by atoms with Crippen molar-refractivity contribution in [3.8, 4) is 12.3 Å². The first-order chi connectivity index (χ1) is 5.77. The van der Waals surface area contributed by atoms with E-state index in [4.69, 9.17) is 6.42 Å². The molecule has 0 aliphatic carbocycles. The summed E-state index contributed by atoms with van der Waals surface area (Å²) in [7, 11) is 1.87. The SMILES string of the molecule is C#CC(NC)c1cccc(I)c1. The van der Waals surface area contributed by atoms with E-state index in [1.54, 1.807) is 0 Å². The molecule has 1 rings (SSSR count). The van der Waals surface area contributed by atoms with Gasteiger partial charge in [-0.25, -0.2) is 0 Å². The molecule has 0 aliphatic heterocycles. The molecule has 1 nitrogen and oxygen atoms in total.